The van der Waals surface area contributed by atoms with E-state index in [1.165, 1.54) is 12.8 Å². The second kappa shape index (κ2) is 7.04. The van der Waals surface area contributed by atoms with E-state index in [1.807, 2.05) is 24.3 Å². The fourth-order valence-electron chi connectivity index (χ4n) is 4.26. The van der Waals surface area contributed by atoms with Crippen LogP contribution < -0.4 is 20.3 Å². The molecule has 4 rings (SSSR count). The van der Waals surface area contributed by atoms with E-state index in [-0.39, 0.29) is 24.5 Å². The third-order valence-electron chi connectivity index (χ3n) is 5.41. The zero-order valence-electron chi connectivity index (χ0n) is 14.4. The van der Waals surface area contributed by atoms with E-state index in [4.69, 9.17) is 4.74 Å². The Hall–Kier alpha value is -2.08. The number of carbonyl (C=O) groups is 2. The molecule has 1 aromatic carbocycles. The number of benzene rings is 1. The van der Waals surface area contributed by atoms with Crippen molar-refractivity contribution in [1.29, 1.82) is 0 Å². The van der Waals surface area contributed by atoms with Crippen LogP contribution >= 0.6 is 0 Å². The summed E-state index contributed by atoms with van der Waals surface area (Å²) in [5.41, 5.74) is 0.843. The Bertz CT molecular complexity index is 651. The molecule has 0 aliphatic carbocycles. The lowest BCUT2D eigenvalue weighted by Crippen LogP contribution is -2.48. The Morgan fingerprint density at radius 1 is 1.28 bits per heavy atom. The average Bonchev–Trinajstić information content (AvgIpc) is 3.18. The molecular weight excluding hydrogens is 318 g/mol. The van der Waals surface area contributed by atoms with Crippen molar-refractivity contribution in [3.63, 3.8) is 0 Å². The summed E-state index contributed by atoms with van der Waals surface area (Å²) >= 11 is 0. The molecule has 2 bridgehead atoms. The second-order valence-corrected chi connectivity index (χ2v) is 7.31. The number of hydrogen-bond acceptors (Lipinski definition) is 4. The van der Waals surface area contributed by atoms with Gasteiger partial charge in [0.05, 0.1) is 0 Å². The van der Waals surface area contributed by atoms with E-state index in [1.54, 1.807) is 4.90 Å². The van der Waals surface area contributed by atoms with E-state index < -0.39 is 0 Å². The van der Waals surface area contributed by atoms with Gasteiger partial charge in [-0.1, -0.05) is 6.07 Å². The van der Waals surface area contributed by atoms with Crippen molar-refractivity contribution in [2.75, 3.05) is 18.1 Å². The van der Waals surface area contributed by atoms with Gasteiger partial charge in [0.1, 0.15) is 5.75 Å². The predicted octanol–water partition coefficient (Wildman–Crippen LogP) is 1.59. The summed E-state index contributed by atoms with van der Waals surface area (Å²) in [6, 6.07) is 8.78. The zero-order valence-corrected chi connectivity index (χ0v) is 14.4. The van der Waals surface area contributed by atoms with Crippen LogP contribution in [0.25, 0.3) is 0 Å². The van der Waals surface area contributed by atoms with E-state index >= 15 is 0 Å². The summed E-state index contributed by atoms with van der Waals surface area (Å²) < 4.78 is 5.65. The van der Waals surface area contributed by atoms with Crippen molar-refractivity contribution in [3.05, 3.63) is 24.3 Å². The molecule has 3 heterocycles. The standard InChI is InChI=1S/C19H25N3O3/c23-18(21-15-9-13-6-7-14(10-15)20-13)12-25-17-4-1-3-16(11-17)22-8-2-5-19(22)24/h1,3-4,11,13-15,20H,2,5-10,12H2,(H,21,23). The van der Waals surface area contributed by atoms with Gasteiger partial charge in [0.25, 0.3) is 5.91 Å². The van der Waals surface area contributed by atoms with Gasteiger partial charge in [0, 0.05) is 42.8 Å². The van der Waals surface area contributed by atoms with Crippen LogP contribution in [0.3, 0.4) is 0 Å². The minimum absolute atomic E-state index is 0.0106. The number of nitrogens with one attached hydrogen (secondary N) is 2. The number of fused-ring (bicyclic) bond motifs is 2. The molecule has 2 N–H and O–H groups in total. The third-order valence-corrected chi connectivity index (χ3v) is 5.41. The van der Waals surface area contributed by atoms with Gasteiger partial charge in [-0.05, 0) is 44.2 Å². The highest BCUT2D eigenvalue weighted by Crippen LogP contribution is 2.27. The Morgan fingerprint density at radius 3 is 2.80 bits per heavy atom. The minimum Gasteiger partial charge on any atom is -0.484 e. The largest absolute Gasteiger partial charge is 0.484 e. The lowest BCUT2D eigenvalue weighted by atomic mass is 10.00. The van der Waals surface area contributed by atoms with E-state index in [2.05, 4.69) is 10.6 Å². The van der Waals surface area contributed by atoms with Crippen LogP contribution in [-0.4, -0.2) is 43.1 Å². The monoisotopic (exact) mass is 343 g/mol. The number of rotatable bonds is 5. The molecule has 0 spiro atoms. The number of carbonyl (C=O) groups excluding carboxylic acids is 2. The van der Waals surface area contributed by atoms with Gasteiger partial charge in [0.2, 0.25) is 5.91 Å². The van der Waals surface area contributed by atoms with Crippen LogP contribution in [0.1, 0.15) is 38.5 Å². The summed E-state index contributed by atoms with van der Waals surface area (Å²) in [5.74, 6) is 0.696. The first-order valence-corrected chi connectivity index (χ1v) is 9.26. The number of piperidine rings is 1. The minimum atomic E-state index is -0.0750. The van der Waals surface area contributed by atoms with Crippen molar-refractivity contribution in [2.45, 2.75) is 56.7 Å². The molecule has 2 unspecified atom stereocenters. The first-order chi connectivity index (χ1) is 12.2. The molecule has 6 nitrogen and oxygen atoms in total. The van der Waals surface area contributed by atoms with Crippen LogP contribution in [0.5, 0.6) is 5.75 Å². The molecule has 2 atom stereocenters. The predicted molar refractivity (Wildman–Crippen MR) is 94.6 cm³/mol. The maximum absolute atomic E-state index is 12.2. The van der Waals surface area contributed by atoms with E-state index in [0.29, 0.717) is 24.3 Å². The molecule has 3 saturated heterocycles. The fourth-order valence-corrected chi connectivity index (χ4v) is 4.26. The van der Waals surface area contributed by atoms with Crippen molar-refractivity contribution in [1.82, 2.24) is 10.6 Å². The Kier molecular flexibility index (Phi) is 4.61. The Balaban J connectivity index is 1.29. The highest BCUT2D eigenvalue weighted by atomic mass is 16.5. The van der Waals surface area contributed by atoms with E-state index in [9.17, 15) is 9.59 Å². The van der Waals surface area contributed by atoms with Gasteiger partial charge in [-0.15, -0.1) is 0 Å². The zero-order chi connectivity index (χ0) is 17.2. The Morgan fingerprint density at radius 2 is 2.08 bits per heavy atom. The smallest absolute Gasteiger partial charge is 0.258 e. The van der Waals surface area contributed by atoms with Crippen molar-refractivity contribution < 1.29 is 14.3 Å². The molecule has 2 amide bonds. The lowest BCUT2D eigenvalue weighted by Gasteiger charge is -2.29. The third kappa shape index (κ3) is 3.79. The molecule has 3 fully saturated rings. The maximum Gasteiger partial charge on any atom is 0.258 e. The number of ether oxygens (including phenoxy) is 1. The van der Waals surface area contributed by atoms with Gasteiger partial charge in [-0.2, -0.15) is 0 Å². The first-order valence-electron chi connectivity index (χ1n) is 9.26. The van der Waals surface area contributed by atoms with E-state index in [0.717, 1.165) is 31.5 Å². The van der Waals surface area contributed by atoms with Gasteiger partial charge in [0.15, 0.2) is 6.61 Å². The number of anilines is 1. The average molecular weight is 343 g/mol. The topological polar surface area (TPSA) is 70.7 Å². The molecule has 6 heteroatoms. The summed E-state index contributed by atoms with van der Waals surface area (Å²) in [7, 11) is 0. The second-order valence-electron chi connectivity index (χ2n) is 7.31. The molecule has 1 aromatic rings. The highest BCUT2D eigenvalue weighted by molar-refractivity contribution is 5.95. The normalized spacial score (nSPS) is 28.2. The van der Waals surface area contributed by atoms with Gasteiger partial charge < -0.3 is 20.3 Å². The van der Waals surface area contributed by atoms with Crippen LogP contribution in [-0.2, 0) is 9.59 Å². The van der Waals surface area contributed by atoms with Crippen LogP contribution in [0.2, 0.25) is 0 Å². The number of hydrogen-bond donors (Lipinski definition) is 2. The van der Waals surface area contributed by atoms with Gasteiger partial charge in [-0.3, -0.25) is 9.59 Å². The summed E-state index contributed by atoms with van der Waals surface area (Å²) in [6.45, 7) is 0.761. The van der Waals surface area contributed by atoms with Crippen LogP contribution in [0, 0.1) is 0 Å². The molecule has 0 saturated carbocycles. The van der Waals surface area contributed by atoms with Crippen LogP contribution in [0.4, 0.5) is 5.69 Å². The van der Waals surface area contributed by atoms with Gasteiger partial charge in [-0.25, -0.2) is 0 Å². The summed E-state index contributed by atoms with van der Waals surface area (Å²) in [5, 5.41) is 6.67. The molecule has 0 aromatic heterocycles. The van der Waals surface area contributed by atoms with Gasteiger partial charge >= 0.3 is 0 Å². The highest BCUT2D eigenvalue weighted by Gasteiger charge is 2.34. The molecule has 25 heavy (non-hydrogen) atoms. The van der Waals surface area contributed by atoms with Crippen molar-refractivity contribution in [2.24, 2.45) is 0 Å². The molecule has 3 aliphatic heterocycles. The van der Waals surface area contributed by atoms with Crippen LogP contribution in [0.15, 0.2) is 24.3 Å². The summed E-state index contributed by atoms with van der Waals surface area (Å²) in [4.78, 5) is 25.8. The molecule has 3 aliphatic rings. The van der Waals surface area contributed by atoms with Crippen molar-refractivity contribution in [3.8, 4) is 5.75 Å². The summed E-state index contributed by atoms with van der Waals surface area (Å²) in [6.07, 6.45) is 5.95. The quantitative estimate of drug-likeness (QED) is 0.852. The molecular formula is C19H25N3O3. The Labute approximate surface area is 147 Å². The molecule has 134 valence electrons. The SMILES string of the molecule is O=C(COc1cccc(N2CCCC2=O)c1)NC1CC2CCC(C1)N2. The number of nitrogens with zero attached hydrogens (tertiary/aromatic N) is 1. The first kappa shape index (κ1) is 16.4. The molecule has 0 radical (unpaired) electrons. The fraction of sp³-hybridized carbons (Fsp3) is 0.579. The maximum atomic E-state index is 12.2. The number of amides is 2. The lowest BCUT2D eigenvalue weighted by molar-refractivity contribution is -0.124. The van der Waals surface area contributed by atoms with Crippen molar-refractivity contribution >= 4 is 17.5 Å².